The number of carbonyl (C=O) groups excluding carboxylic acids is 1. The fourth-order valence-corrected chi connectivity index (χ4v) is 2.42. The Morgan fingerprint density at radius 3 is 2.57 bits per heavy atom. The number of nitrogens with zero attached hydrogens (tertiary/aromatic N) is 1. The monoisotopic (exact) mass is 341 g/mol. The largest absolute Gasteiger partial charge is 0.406 e. The SMILES string of the molecule is O=C(c1ccc(Cl)c(Cl)c1)N(CC(F)(F)F)C1CCOC1. The van der Waals surface area contributed by atoms with Gasteiger partial charge in [0.25, 0.3) is 5.91 Å². The van der Waals surface area contributed by atoms with Gasteiger partial charge in [-0.25, -0.2) is 0 Å². The molecule has 1 aromatic carbocycles. The van der Waals surface area contributed by atoms with Crippen molar-refractivity contribution in [1.29, 1.82) is 0 Å². The minimum absolute atomic E-state index is 0.0700. The summed E-state index contributed by atoms with van der Waals surface area (Å²) >= 11 is 11.5. The van der Waals surface area contributed by atoms with Crippen LogP contribution in [-0.4, -0.2) is 42.8 Å². The van der Waals surface area contributed by atoms with E-state index in [2.05, 4.69) is 0 Å². The summed E-state index contributed by atoms with van der Waals surface area (Å²) in [4.78, 5) is 13.1. The van der Waals surface area contributed by atoms with Gasteiger partial charge in [0.2, 0.25) is 0 Å². The predicted molar refractivity (Wildman–Crippen MR) is 72.8 cm³/mol. The molecule has 1 aromatic rings. The Kier molecular flexibility index (Phi) is 5.01. The molecule has 1 fully saturated rings. The smallest absolute Gasteiger partial charge is 0.379 e. The lowest BCUT2D eigenvalue weighted by Gasteiger charge is -2.29. The van der Waals surface area contributed by atoms with Crippen LogP contribution >= 0.6 is 23.2 Å². The Bertz CT molecular complexity index is 531. The molecular formula is C13H12Cl2F3NO2. The Morgan fingerprint density at radius 1 is 1.33 bits per heavy atom. The van der Waals surface area contributed by atoms with Gasteiger partial charge in [0.1, 0.15) is 6.54 Å². The van der Waals surface area contributed by atoms with E-state index in [9.17, 15) is 18.0 Å². The summed E-state index contributed by atoms with van der Waals surface area (Å²) in [6, 6.07) is 3.42. The zero-order valence-corrected chi connectivity index (χ0v) is 12.3. The van der Waals surface area contributed by atoms with Gasteiger partial charge in [0.05, 0.1) is 22.7 Å². The Labute approximate surface area is 129 Å². The number of amides is 1. The molecule has 116 valence electrons. The Balaban J connectivity index is 2.26. The standard InChI is InChI=1S/C13H12Cl2F3NO2/c14-10-2-1-8(5-11(10)15)12(20)19(7-13(16,17)18)9-3-4-21-6-9/h1-2,5,9H,3-4,6-7H2. The minimum atomic E-state index is -4.48. The zero-order valence-electron chi connectivity index (χ0n) is 10.8. The maximum Gasteiger partial charge on any atom is 0.406 e. The van der Waals surface area contributed by atoms with E-state index in [4.69, 9.17) is 27.9 Å². The van der Waals surface area contributed by atoms with Crippen molar-refractivity contribution >= 4 is 29.1 Å². The average molecular weight is 342 g/mol. The van der Waals surface area contributed by atoms with Gasteiger partial charge >= 0.3 is 6.18 Å². The first-order valence-electron chi connectivity index (χ1n) is 6.18. The number of hydrogen-bond acceptors (Lipinski definition) is 2. The van der Waals surface area contributed by atoms with Gasteiger partial charge in [-0.3, -0.25) is 4.79 Å². The molecule has 21 heavy (non-hydrogen) atoms. The van der Waals surface area contributed by atoms with Crippen LogP contribution in [0.5, 0.6) is 0 Å². The summed E-state index contributed by atoms with van der Waals surface area (Å²) < 4.78 is 43.2. The van der Waals surface area contributed by atoms with Crippen molar-refractivity contribution in [3.63, 3.8) is 0 Å². The number of ether oxygens (including phenoxy) is 1. The van der Waals surface area contributed by atoms with Crippen molar-refractivity contribution < 1.29 is 22.7 Å². The molecule has 0 spiro atoms. The molecule has 0 saturated carbocycles. The number of hydrogen-bond donors (Lipinski definition) is 0. The van der Waals surface area contributed by atoms with Crippen LogP contribution in [-0.2, 0) is 4.74 Å². The number of rotatable bonds is 3. The molecule has 1 saturated heterocycles. The van der Waals surface area contributed by atoms with Gasteiger partial charge < -0.3 is 9.64 Å². The second kappa shape index (κ2) is 6.42. The summed E-state index contributed by atoms with van der Waals surface area (Å²) in [5.41, 5.74) is 0.0700. The summed E-state index contributed by atoms with van der Waals surface area (Å²) in [5.74, 6) is -0.735. The highest BCUT2D eigenvalue weighted by Crippen LogP contribution is 2.26. The summed E-state index contributed by atoms with van der Waals surface area (Å²) in [7, 11) is 0. The topological polar surface area (TPSA) is 29.5 Å². The quantitative estimate of drug-likeness (QED) is 0.837. The Hall–Kier alpha value is -0.980. The van der Waals surface area contributed by atoms with Crippen molar-refractivity contribution in [3.05, 3.63) is 33.8 Å². The van der Waals surface area contributed by atoms with Crippen LogP contribution in [0.3, 0.4) is 0 Å². The molecule has 0 radical (unpaired) electrons. The maximum absolute atomic E-state index is 12.7. The predicted octanol–water partition coefficient (Wildman–Crippen LogP) is 3.79. The zero-order chi connectivity index (χ0) is 15.6. The number of alkyl halides is 3. The maximum atomic E-state index is 12.7. The second-order valence-corrected chi connectivity index (χ2v) is 5.51. The first-order chi connectivity index (χ1) is 9.78. The molecule has 1 amide bonds. The van der Waals surface area contributed by atoms with E-state index in [0.29, 0.717) is 13.0 Å². The van der Waals surface area contributed by atoms with Crippen molar-refractivity contribution in [2.45, 2.75) is 18.6 Å². The number of halogens is 5. The third-order valence-electron chi connectivity index (χ3n) is 3.12. The molecule has 0 bridgehead atoms. The minimum Gasteiger partial charge on any atom is -0.379 e. The molecular weight excluding hydrogens is 330 g/mol. The van der Waals surface area contributed by atoms with Gasteiger partial charge in [0.15, 0.2) is 0 Å². The van der Waals surface area contributed by atoms with E-state index in [-0.39, 0.29) is 22.2 Å². The van der Waals surface area contributed by atoms with Crippen LogP contribution in [0.15, 0.2) is 18.2 Å². The molecule has 0 aromatic heterocycles. The van der Waals surface area contributed by atoms with Crippen LogP contribution in [0.25, 0.3) is 0 Å². The molecule has 1 aliphatic rings. The molecule has 8 heteroatoms. The van der Waals surface area contributed by atoms with Gasteiger partial charge in [-0.2, -0.15) is 13.2 Å². The molecule has 2 rings (SSSR count). The highest BCUT2D eigenvalue weighted by molar-refractivity contribution is 6.42. The Morgan fingerprint density at radius 2 is 2.05 bits per heavy atom. The fourth-order valence-electron chi connectivity index (χ4n) is 2.12. The molecule has 1 heterocycles. The molecule has 0 aliphatic carbocycles. The lowest BCUT2D eigenvalue weighted by Crippen LogP contribution is -2.46. The number of benzene rings is 1. The van der Waals surface area contributed by atoms with Gasteiger partial charge in [-0.15, -0.1) is 0 Å². The van der Waals surface area contributed by atoms with E-state index in [0.717, 1.165) is 4.90 Å². The van der Waals surface area contributed by atoms with E-state index < -0.39 is 24.7 Å². The first-order valence-corrected chi connectivity index (χ1v) is 6.94. The third kappa shape index (κ3) is 4.25. The highest BCUT2D eigenvalue weighted by atomic mass is 35.5. The van der Waals surface area contributed by atoms with Crippen LogP contribution < -0.4 is 0 Å². The van der Waals surface area contributed by atoms with Crippen LogP contribution in [0.1, 0.15) is 16.8 Å². The lowest BCUT2D eigenvalue weighted by molar-refractivity contribution is -0.144. The highest BCUT2D eigenvalue weighted by Gasteiger charge is 2.38. The normalized spacial score (nSPS) is 18.8. The average Bonchev–Trinajstić information content (AvgIpc) is 2.91. The van der Waals surface area contributed by atoms with Crippen molar-refractivity contribution in [3.8, 4) is 0 Å². The molecule has 3 nitrogen and oxygen atoms in total. The lowest BCUT2D eigenvalue weighted by atomic mass is 10.1. The third-order valence-corrected chi connectivity index (χ3v) is 3.86. The van der Waals surface area contributed by atoms with Crippen LogP contribution in [0, 0.1) is 0 Å². The van der Waals surface area contributed by atoms with Crippen LogP contribution in [0.2, 0.25) is 10.0 Å². The van der Waals surface area contributed by atoms with E-state index in [1.165, 1.54) is 18.2 Å². The summed E-state index contributed by atoms with van der Waals surface area (Å²) in [5, 5.41) is 0.358. The summed E-state index contributed by atoms with van der Waals surface area (Å²) in [6.45, 7) is -0.878. The second-order valence-electron chi connectivity index (χ2n) is 4.69. The van der Waals surface area contributed by atoms with Crippen molar-refractivity contribution in [1.82, 2.24) is 4.90 Å². The van der Waals surface area contributed by atoms with Crippen molar-refractivity contribution in [2.75, 3.05) is 19.8 Å². The molecule has 1 unspecified atom stereocenters. The molecule has 0 N–H and O–H groups in total. The van der Waals surface area contributed by atoms with Crippen molar-refractivity contribution in [2.24, 2.45) is 0 Å². The van der Waals surface area contributed by atoms with E-state index in [1.54, 1.807) is 0 Å². The first kappa shape index (κ1) is 16.4. The fraction of sp³-hybridized carbons (Fsp3) is 0.462. The van der Waals surface area contributed by atoms with Gasteiger partial charge in [0, 0.05) is 12.2 Å². The van der Waals surface area contributed by atoms with Gasteiger partial charge in [-0.1, -0.05) is 23.2 Å². The molecule has 1 aliphatic heterocycles. The van der Waals surface area contributed by atoms with Gasteiger partial charge in [-0.05, 0) is 24.6 Å². The number of carbonyl (C=O) groups is 1. The summed E-state index contributed by atoms with van der Waals surface area (Å²) in [6.07, 6.45) is -4.10. The van der Waals surface area contributed by atoms with Crippen LogP contribution in [0.4, 0.5) is 13.2 Å². The molecule has 1 atom stereocenters. The van der Waals surface area contributed by atoms with E-state index >= 15 is 0 Å². The van der Waals surface area contributed by atoms with E-state index in [1.807, 2.05) is 0 Å².